The van der Waals surface area contributed by atoms with Crippen LogP contribution < -0.4 is 10.6 Å². The Morgan fingerprint density at radius 3 is 2.60 bits per heavy atom. The lowest BCUT2D eigenvalue weighted by Crippen LogP contribution is -2.31. The van der Waals surface area contributed by atoms with Crippen LogP contribution in [0.1, 0.15) is 13.3 Å². The zero-order valence-corrected chi connectivity index (χ0v) is 11.5. The highest BCUT2D eigenvalue weighted by Gasteiger charge is 2.33. The van der Waals surface area contributed by atoms with Crippen molar-refractivity contribution in [2.45, 2.75) is 19.4 Å². The summed E-state index contributed by atoms with van der Waals surface area (Å²) in [5, 5.41) is 9.98. The van der Waals surface area contributed by atoms with Crippen molar-refractivity contribution >= 4 is 11.7 Å². The molecule has 2 N–H and O–H groups in total. The number of nitrogens with zero attached hydrogens (tertiary/aromatic N) is 3. The van der Waals surface area contributed by atoms with Crippen LogP contribution in [-0.4, -0.2) is 26.8 Å². The van der Waals surface area contributed by atoms with E-state index in [2.05, 4.69) is 27.6 Å². The Bertz CT molecular complexity index is 619. The minimum absolute atomic E-state index is 0.150. The number of carbonyl (C=O) groups is 1. The van der Waals surface area contributed by atoms with E-state index in [0.717, 1.165) is 17.7 Å². The maximum Gasteiger partial charge on any atom is 0.319 e. The van der Waals surface area contributed by atoms with Crippen molar-refractivity contribution in [1.82, 2.24) is 20.1 Å². The van der Waals surface area contributed by atoms with Crippen LogP contribution in [0.2, 0.25) is 0 Å². The average molecular weight is 271 g/mol. The van der Waals surface area contributed by atoms with Gasteiger partial charge in [-0.3, -0.25) is 4.68 Å². The highest BCUT2D eigenvalue weighted by atomic mass is 16.2. The smallest absolute Gasteiger partial charge is 0.319 e. The third-order valence-corrected chi connectivity index (χ3v) is 3.43. The Morgan fingerprint density at radius 1 is 1.35 bits per heavy atom. The van der Waals surface area contributed by atoms with Gasteiger partial charge in [-0.25, -0.2) is 9.78 Å². The van der Waals surface area contributed by atoms with E-state index < -0.39 is 0 Å². The van der Waals surface area contributed by atoms with Crippen molar-refractivity contribution in [2.75, 3.05) is 5.32 Å². The van der Waals surface area contributed by atoms with Crippen LogP contribution in [0.4, 0.5) is 10.5 Å². The molecular weight excluding hydrogens is 254 g/mol. The number of hydrogen-bond acceptors (Lipinski definition) is 3. The SMILES string of the molecule is C[C@@H]1C[C@@H]1NC(=O)Nc1ccc(-c2ncn(C)n2)cc1. The molecule has 1 aliphatic carbocycles. The molecule has 2 amide bonds. The molecule has 6 heteroatoms. The van der Waals surface area contributed by atoms with E-state index in [0.29, 0.717) is 17.8 Å². The normalized spacial score (nSPS) is 20.5. The summed E-state index contributed by atoms with van der Waals surface area (Å²) in [5.41, 5.74) is 1.68. The zero-order chi connectivity index (χ0) is 14.1. The Morgan fingerprint density at radius 2 is 2.05 bits per heavy atom. The van der Waals surface area contributed by atoms with Crippen molar-refractivity contribution in [2.24, 2.45) is 13.0 Å². The summed E-state index contributed by atoms with van der Waals surface area (Å²) >= 11 is 0. The number of amides is 2. The second-order valence-corrected chi connectivity index (χ2v) is 5.24. The predicted octanol–water partition coefficient (Wildman–Crippen LogP) is 2.01. The van der Waals surface area contributed by atoms with Crippen LogP contribution in [0.15, 0.2) is 30.6 Å². The topological polar surface area (TPSA) is 71.8 Å². The second-order valence-electron chi connectivity index (χ2n) is 5.24. The van der Waals surface area contributed by atoms with Crippen LogP contribution in [-0.2, 0) is 7.05 Å². The molecule has 1 saturated carbocycles. The number of urea groups is 1. The number of aromatic nitrogens is 3. The Balaban J connectivity index is 1.62. The number of nitrogens with one attached hydrogen (secondary N) is 2. The molecule has 0 aliphatic heterocycles. The van der Waals surface area contributed by atoms with E-state index in [1.165, 1.54) is 0 Å². The van der Waals surface area contributed by atoms with Crippen molar-refractivity contribution in [3.05, 3.63) is 30.6 Å². The maximum atomic E-state index is 11.7. The van der Waals surface area contributed by atoms with Crippen LogP contribution in [0, 0.1) is 5.92 Å². The summed E-state index contributed by atoms with van der Waals surface area (Å²) in [6.45, 7) is 2.12. The molecule has 1 aliphatic rings. The standard InChI is InChI=1S/C14H17N5O/c1-9-7-12(9)17-14(20)16-11-5-3-10(4-6-11)13-15-8-19(2)18-13/h3-6,8-9,12H,7H2,1-2H3,(H2,16,17,20)/t9-,12+/m1/s1. The van der Waals surface area contributed by atoms with E-state index in [4.69, 9.17) is 0 Å². The summed E-state index contributed by atoms with van der Waals surface area (Å²) in [6, 6.07) is 7.66. The van der Waals surface area contributed by atoms with Crippen molar-refractivity contribution < 1.29 is 4.79 Å². The number of carbonyl (C=O) groups excluding carboxylic acids is 1. The van der Waals surface area contributed by atoms with Crippen LogP contribution >= 0.6 is 0 Å². The number of rotatable bonds is 3. The largest absolute Gasteiger partial charge is 0.335 e. The number of hydrogen-bond donors (Lipinski definition) is 2. The lowest BCUT2D eigenvalue weighted by Gasteiger charge is -2.07. The van der Waals surface area contributed by atoms with Gasteiger partial charge in [0.1, 0.15) is 6.33 Å². The van der Waals surface area contributed by atoms with Gasteiger partial charge in [0.15, 0.2) is 5.82 Å². The first-order valence-electron chi connectivity index (χ1n) is 6.65. The van der Waals surface area contributed by atoms with E-state index in [1.54, 1.807) is 11.0 Å². The molecule has 0 spiro atoms. The molecule has 0 unspecified atom stereocenters. The Hall–Kier alpha value is -2.37. The summed E-state index contributed by atoms with van der Waals surface area (Å²) in [5.74, 6) is 1.27. The molecule has 2 aromatic rings. The van der Waals surface area contributed by atoms with E-state index in [9.17, 15) is 4.79 Å². The molecule has 104 valence electrons. The molecule has 1 heterocycles. The molecule has 0 bridgehead atoms. The third kappa shape index (κ3) is 2.79. The molecule has 3 rings (SSSR count). The minimum Gasteiger partial charge on any atom is -0.335 e. The van der Waals surface area contributed by atoms with Crippen LogP contribution in [0.3, 0.4) is 0 Å². The molecule has 20 heavy (non-hydrogen) atoms. The van der Waals surface area contributed by atoms with Gasteiger partial charge in [0.25, 0.3) is 0 Å². The lowest BCUT2D eigenvalue weighted by molar-refractivity contribution is 0.251. The molecule has 2 atom stereocenters. The van der Waals surface area contributed by atoms with Gasteiger partial charge in [0.2, 0.25) is 0 Å². The van der Waals surface area contributed by atoms with E-state index in [1.807, 2.05) is 31.3 Å². The highest BCUT2D eigenvalue weighted by Crippen LogP contribution is 2.29. The van der Waals surface area contributed by atoms with Crippen LogP contribution in [0.25, 0.3) is 11.4 Å². The predicted molar refractivity (Wildman–Crippen MR) is 76.2 cm³/mol. The first-order valence-corrected chi connectivity index (χ1v) is 6.65. The van der Waals surface area contributed by atoms with Crippen molar-refractivity contribution in [3.8, 4) is 11.4 Å². The number of benzene rings is 1. The van der Waals surface area contributed by atoms with E-state index in [-0.39, 0.29) is 6.03 Å². The Labute approximate surface area is 117 Å². The monoisotopic (exact) mass is 271 g/mol. The second kappa shape index (κ2) is 4.96. The highest BCUT2D eigenvalue weighted by molar-refractivity contribution is 5.89. The summed E-state index contributed by atoms with van der Waals surface area (Å²) < 4.78 is 1.66. The lowest BCUT2D eigenvalue weighted by atomic mass is 10.2. The summed E-state index contributed by atoms with van der Waals surface area (Å²) in [4.78, 5) is 15.9. The molecular formula is C14H17N5O. The molecule has 1 aromatic heterocycles. The van der Waals surface area contributed by atoms with Crippen LogP contribution in [0.5, 0.6) is 0 Å². The first kappa shape index (κ1) is 12.7. The van der Waals surface area contributed by atoms with Crippen molar-refractivity contribution in [3.63, 3.8) is 0 Å². The van der Waals surface area contributed by atoms with Gasteiger partial charge in [0.05, 0.1) is 0 Å². The fourth-order valence-corrected chi connectivity index (χ4v) is 2.03. The maximum absolute atomic E-state index is 11.7. The minimum atomic E-state index is -0.150. The van der Waals surface area contributed by atoms with Gasteiger partial charge in [-0.2, -0.15) is 5.10 Å². The van der Waals surface area contributed by atoms with Gasteiger partial charge in [0, 0.05) is 24.3 Å². The zero-order valence-electron chi connectivity index (χ0n) is 11.5. The number of aryl methyl sites for hydroxylation is 1. The average Bonchev–Trinajstić information content (AvgIpc) is 2.93. The summed E-state index contributed by atoms with van der Waals surface area (Å²) in [6.07, 6.45) is 2.73. The molecule has 6 nitrogen and oxygen atoms in total. The fourth-order valence-electron chi connectivity index (χ4n) is 2.03. The van der Waals surface area contributed by atoms with Gasteiger partial charge >= 0.3 is 6.03 Å². The van der Waals surface area contributed by atoms with Gasteiger partial charge in [-0.1, -0.05) is 6.92 Å². The fraction of sp³-hybridized carbons (Fsp3) is 0.357. The quantitative estimate of drug-likeness (QED) is 0.897. The molecule has 0 saturated heterocycles. The summed E-state index contributed by atoms with van der Waals surface area (Å²) in [7, 11) is 1.83. The molecule has 0 radical (unpaired) electrons. The van der Waals surface area contributed by atoms with E-state index >= 15 is 0 Å². The molecule has 1 aromatic carbocycles. The molecule has 1 fully saturated rings. The van der Waals surface area contributed by atoms with Crippen molar-refractivity contribution in [1.29, 1.82) is 0 Å². The number of anilines is 1. The van der Waals surface area contributed by atoms with Gasteiger partial charge in [-0.05, 0) is 36.6 Å². The third-order valence-electron chi connectivity index (χ3n) is 3.43. The first-order chi connectivity index (χ1) is 9.61. The Kier molecular flexibility index (Phi) is 3.14. The van der Waals surface area contributed by atoms with Gasteiger partial charge < -0.3 is 10.6 Å². The van der Waals surface area contributed by atoms with Gasteiger partial charge in [-0.15, -0.1) is 0 Å².